The third-order valence-corrected chi connectivity index (χ3v) is 1.99. The molecule has 1 aliphatic rings. The van der Waals surface area contributed by atoms with E-state index in [2.05, 4.69) is 19.2 Å². The second-order valence-electron chi connectivity index (χ2n) is 3.33. The number of rotatable bonds is 3. The van der Waals surface area contributed by atoms with Crippen LogP contribution >= 0.6 is 0 Å². The van der Waals surface area contributed by atoms with Gasteiger partial charge in [-0.1, -0.05) is 0 Å². The lowest BCUT2D eigenvalue weighted by Gasteiger charge is -2.23. The Balaban J connectivity index is 2.29. The highest BCUT2D eigenvalue weighted by molar-refractivity contribution is 4.82. The van der Waals surface area contributed by atoms with Gasteiger partial charge in [-0.2, -0.15) is 0 Å². The fourth-order valence-electron chi connectivity index (χ4n) is 1.35. The van der Waals surface area contributed by atoms with Crippen LogP contribution in [0.3, 0.4) is 0 Å². The number of methoxy groups -OCH3 is 1. The Labute approximate surface area is 68.1 Å². The van der Waals surface area contributed by atoms with Crippen molar-refractivity contribution in [3.8, 4) is 0 Å². The molecule has 2 atom stereocenters. The molecule has 2 unspecified atom stereocenters. The fourth-order valence-corrected chi connectivity index (χ4v) is 1.35. The molecule has 3 heteroatoms. The van der Waals surface area contributed by atoms with Gasteiger partial charge in [-0.05, 0) is 13.8 Å². The molecule has 0 bridgehead atoms. The summed E-state index contributed by atoms with van der Waals surface area (Å²) < 4.78 is 10.5. The lowest BCUT2D eigenvalue weighted by molar-refractivity contribution is -0.0173. The molecule has 0 radical (unpaired) electrons. The van der Waals surface area contributed by atoms with E-state index < -0.39 is 0 Å². The topological polar surface area (TPSA) is 30.5 Å². The highest BCUT2D eigenvalue weighted by Crippen LogP contribution is 2.18. The van der Waals surface area contributed by atoms with Crippen LogP contribution in [0.25, 0.3) is 0 Å². The molecule has 1 rings (SSSR count). The summed E-state index contributed by atoms with van der Waals surface area (Å²) in [6.07, 6.45) is 0.911. The minimum Gasteiger partial charge on any atom is -0.385 e. The van der Waals surface area contributed by atoms with Crippen molar-refractivity contribution in [1.29, 1.82) is 0 Å². The van der Waals surface area contributed by atoms with Crippen LogP contribution in [0.5, 0.6) is 0 Å². The van der Waals surface area contributed by atoms with E-state index in [0.717, 1.165) is 19.6 Å². The molecule has 66 valence electrons. The molecular weight excluding hydrogens is 142 g/mol. The molecule has 0 aromatic rings. The molecule has 0 aliphatic carbocycles. The van der Waals surface area contributed by atoms with Crippen LogP contribution in [0.2, 0.25) is 0 Å². The molecule has 0 aromatic carbocycles. The van der Waals surface area contributed by atoms with Crippen molar-refractivity contribution in [2.24, 2.45) is 0 Å². The number of nitrogens with one attached hydrogen (secondary N) is 1. The van der Waals surface area contributed by atoms with Gasteiger partial charge in [0.2, 0.25) is 0 Å². The molecule has 1 fully saturated rings. The molecule has 0 saturated carbocycles. The largest absolute Gasteiger partial charge is 0.385 e. The second kappa shape index (κ2) is 3.52. The molecule has 1 heterocycles. The van der Waals surface area contributed by atoms with Crippen molar-refractivity contribution in [2.45, 2.75) is 32.0 Å². The van der Waals surface area contributed by atoms with Gasteiger partial charge in [-0.15, -0.1) is 0 Å². The monoisotopic (exact) mass is 159 g/mol. The van der Waals surface area contributed by atoms with Gasteiger partial charge in [0.25, 0.3) is 0 Å². The maximum absolute atomic E-state index is 5.56. The Morgan fingerprint density at radius 1 is 1.73 bits per heavy atom. The summed E-state index contributed by atoms with van der Waals surface area (Å²) in [5, 5.41) is 3.36. The molecule has 0 spiro atoms. The van der Waals surface area contributed by atoms with Crippen molar-refractivity contribution >= 4 is 0 Å². The third-order valence-electron chi connectivity index (χ3n) is 1.99. The van der Waals surface area contributed by atoms with Gasteiger partial charge >= 0.3 is 0 Å². The normalized spacial score (nSPS) is 37.9. The average Bonchev–Trinajstić information content (AvgIpc) is 2.28. The lowest BCUT2D eigenvalue weighted by Crippen LogP contribution is -2.41. The van der Waals surface area contributed by atoms with Crippen LogP contribution in [0, 0.1) is 0 Å². The van der Waals surface area contributed by atoms with Gasteiger partial charge in [0.1, 0.15) is 5.72 Å². The molecule has 3 nitrogen and oxygen atoms in total. The van der Waals surface area contributed by atoms with Crippen molar-refractivity contribution < 1.29 is 9.47 Å². The van der Waals surface area contributed by atoms with Crippen LogP contribution in [0.4, 0.5) is 0 Å². The van der Waals surface area contributed by atoms with E-state index in [0.29, 0.717) is 6.04 Å². The van der Waals surface area contributed by atoms with Gasteiger partial charge in [0.15, 0.2) is 0 Å². The zero-order chi connectivity index (χ0) is 8.32. The van der Waals surface area contributed by atoms with E-state index in [4.69, 9.17) is 9.47 Å². The van der Waals surface area contributed by atoms with Crippen molar-refractivity contribution in [3.05, 3.63) is 0 Å². The highest BCUT2D eigenvalue weighted by Gasteiger charge is 2.32. The zero-order valence-corrected chi connectivity index (χ0v) is 7.52. The average molecular weight is 159 g/mol. The summed E-state index contributed by atoms with van der Waals surface area (Å²) in [6.45, 7) is 5.74. The maximum atomic E-state index is 5.56. The highest BCUT2D eigenvalue weighted by atomic mass is 16.5. The zero-order valence-electron chi connectivity index (χ0n) is 7.52. The smallest absolute Gasteiger partial charge is 0.118 e. The van der Waals surface area contributed by atoms with E-state index in [1.807, 2.05) is 0 Å². The van der Waals surface area contributed by atoms with Crippen molar-refractivity contribution in [1.82, 2.24) is 5.32 Å². The Bertz CT molecular complexity index is 129. The SMILES string of the molecule is COCCC1(C)NC(C)CO1. The van der Waals surface area contributed by atoms with E-state index in [9.17, 15) is 0 Å². The van der Waals surface area contributed by atoms with Crippen LogP contribution in [0.15, 0.2) is 0 Å². The Morgan fingerprint density at radius 3 is 2.91 bits per heavy atom. The second-order valence-corrected chi connectivity index (χ2v) is 3.33. The molecule has 1 saturated heterocycles. The summed E-state index contributed by atoms with van der Waals surface area (Å²) in [5.74, 6) is 0. The molecular formula is C8H17NO2. The van der Waals surface area contributed by atoms with E-state index in [-0.39, 0.29) is 5.72 Å². The Kier molecular flexibility index (Phi) is 2.87. The van der Waals surface area contributed by atoms with E-state index in [1.165, 1.54) is 0 Å². The summed E-state index contributed by atoms with van der Waals surface area (Å²) in [6, 6.07) is 0.469. The van der Waals surface area contributed by atoms with Gasteiger partial charge in [0, 0.05) is 19.6 Å². The van der Waals surface area contributed by atoms with E-state index >= 15 is 0 Å². The van der Waals surface area contributed by atoms with Crippen LogP contribution < -0.4 is 5.32 Å². The van der Waals surface area contributed by atoms with Crippen LogP contribution in [0.1, 0.15) is 20.3 Å². The van der Waals surface area contributed by atoms with Gasteiger partial charge in [-0.25, -0.2) is 0 Å². The minimum absolute atomic E-state index is 0.157. The summed E-state index contributed by atoms with van der Waals surface area (Å²) in [7, 11) is 1.71. The summed E-state index contributed by atoms with van der Waals surface area (Å²) >= 11 is 0. The lowest BCUT2D eigenvalue weighted by atomic mass is 10.2. The fraction of sp³-hybridized carbons (Fsp3) is 1.00. The van der Waals surface area contributed by atoms with Gasteiger partial charge < -0.3 is 9.47 Å². The molecule has 0 aromatic heterocycles. The predicted octanol–water partition coefficient (Wildman–Crippen LogP) is 0.747. The van der Waals surface area contributed by atoms with Crippen LogP contribution in [-0.2, 0) is 9.47 Å². The molecule has 11 heavy (non-hydrogen) atoms. The number of ether oxygens (including phenoxy) is 2. The first-order chi connectivity index (χ1) is 5.16. The molecule has 0 amide bonds. The van der Waals surface area contributed by atoms with Gasteiger partial charge in [0.05, 0.1) is 13.2 Å². The van der Waals surface area contributed by atoms with Gasteiger partial charge in [-0.3, -0.25) is 5.32 Å². The first kappa shape index (κ1) is 8.97. The summed E-state index contributed by atoms with van der Waals surface area (Å²) in [5.41, 5.74) is -0.157. The van der Waals surface area contributed by atoms with Crippen molar-refractivity contribution in [2.75, 3.05) is 20.3 Å². The summed E-state index contributed by atoms with van der Waals surface area (Å²) in [4.78, 5) is 0. The third kappa shape index (κ3) is 2.43. The van der Waals surface area contributed by atoms with Crippen molar-refractivity contribution in [3.63, 3.8) is 0 Å². The standard InChI is InChI=1S/C8H17NO2/c1-7-6-11-8(2,9-7)4-5-10-3/h7,9H,4-6H2,1-3H3. The maximum Gasteiger partial charge on any atom is 0.118 e. The number of hydrogen-bond donors (Lipinski definition) is 1. The predicted molar refractivity (Wildman–Crippen MR) is 43.4 cm³/mol. The first-order valence-electron chi connectivity index (χ1n) is 4.07. The minimum atomic E-state index is -0.157. The first-order valence-corrected chi connectivity index (χ1v) is 4.07. The Morgan fingerprint density at radius 2 is 2.45 bits per heavy atom. The Hall–Kier alpha value is -0.120. The van der Waals surface area contributed by atoms with E-state index in [1.54, 1.807) is 7.11 Å². The number of hydrogen-bond acceptors (Lipinski definition) is 3. The molecule has 1 N–H and O–H groups in total. The quantitative estimate of drug-likeness (QED) is 0.659. The van der Waals surface area contributed by atoms with Crippen LogP contribution in [-0.4, -0.2) is 32.1 Å². The molecule has 1 aliphatic heterocycles.